The molecule has 112 valence electrons. The predicted molar refractivity (Wildman–Crippen MR) is 79.1 cm³/mol. The van der Waals surface area contributed by atoms with Crippen LogP contribution in [-0.4, -0.2) is 43.0 Å². The van der Waals surface area contributed by atoms with E-state index in [1.54, 1.807) is 6.20 Å². The Labute approximate surface area is 123 Å². The van der Waals surface area contributed by atoms with Crippen LogP contribution < -0.4 is 15.5 Å². The molecule has 1 atom stereocenters. The third-order valence-electron chi connectivity index (χ3n) is 4.08. The molecule has 2 aliphatic rings. The summed E-state index contributed by atoms with van der Waals surface area (Å²) in [6, 6.07) is 3.87. The number of piperidine rings is 1. The number of aromatic nitrogens is 1. The SMILES string of the molecule is O=C1CC[C@H](c2ccnc(N3CCCNCC3)c2)C(=O)N1. The van der Waals surface area contributed by atoms with E-state index in [0.717, 1.165) is 44.0 Å². The van der Waals surface area contributed by atoms with E-state index < -0.39 is 0 Å². The summed E-state index contributed by atoms with van der Waals surface area (Å²) in [4.78, 5) is 29.9. The van der Waals surface area contributed by atoms with Gasteiger partial charge >= 0.3 is 0 Å². The second kappa shape index (κ2) is 6.22. The van der Waals surface area contributed by atoms with E-state index in [4.69, 9.17) is 0 Å². The Bertz CT molecular complexity index is 538. The minimum atomic E-state index is -0.241. The van der Waals surface area contributed by atoms with Crippen molar-refractivity contribution in [3.63, 3.8) is 0 Å². The fraction of sp³-hybridized carbons (Fsp3) is 0.533. The first kappa shape index (κ1) is 14.0. The van der Waals surface area contributed by atoms with Crippen LogP contribution in [0.2, 0.25) is 0 Å². The fourth-order valence-electron chi connectivity index (χ4n) is 2.91. The zero-order valence-electron chi connectivity index (χ0n) is 12.0. The molecule has 2 N–H and O–H groups in total. The van der Waals surface area contributed by atoms with Gasteiger partial charge in [-0.05, 0) is 37.1 Å². The summed E-state index contributed by atoms with van der Waals surface area (Å²) in [5, 5.41) is 5.78. The lowest BCUT2D eigenvalue weighted by Crippen LogP contribution is -2.39. The number of carbonyl (C=O) groups is 2. The van der Waals surface area contributed by atoms with Crippen molar-refractivity contribution < 1.29 is 9.59 Å². The van der Waals surface area contributed by atoms with Crippen LogP contribution in [0.15, 0.2) is 18.3 Å². The van der Waals surface area contributed by atoms with Crippen LogP contribution in [-0.2, 0) is 9.59 Å². The second-order valence-corrected chi connectivity index (χ2v) is 5.54. The Morgan fingerprint density at radius 1 is 1.24 bits per heavy atom. The first-order chi connectivity index (χ1) is 10.2. The average molecular weight is 288 g/mol. The van der Waals surface area contributed by atoms with E-state index in [1.165, 1.54) is 0 Å². The first-order valence-corrected chi connectivity index (χ1v) is 7.49. The summed E-state index contributed by atoms with van der Waals surface area (Å²) in [5.74, 6) is 0.306. The van der Waals surface area contributed by atoms with Gasteiger partial charge in [0.05, 0.1) is 5.92 Å². The zero-order valence-corrected chi connectivity index (χ0v) is 12.0. The minimum absolute atomic E-state index is 0.177. The summed E-state index contributed by atoms with van der Waals surface area (Å²) in [5.41, 5.74) is 0.946. The lowest BCUT2D eigenvalue weighted by Gasteiger charge is -2.24. The highest BCUT2D eigenvalue weighted by Gasteiger charge is 2.28. The van der Waals surface area contributed by atoms with Crippen LogP contribution in [0.4, 0.5) is 5.82 Å². The highest BCUT2D eigenvalue weighted by atomic mass is 16.2. The summed E-state index contributed by atoms with van der Waals surface area (Å²) in [6.07, 6.45) is 3.83. The number of imide groups is 1. The Hall–Kier alpha value is -1.95. The summed E-state index contributed by atoms with van der Waals surface area (Å²) < 4.78 is 0. The lowest BCUT2D eigenvalue weighted by atomic mass is 9.91. The van der Waals surface area contributed by atoms with E-state index in [-0.39, 0.29) is 17.7 Å². The highest BCUT2D eigenvalue weighted by molar-refractivity contribution is 6.00. The van der Waals surface area contributed by atoms with Gasteiger partial charge in [0.1, 0.15) is 5.82 Å². The molecule has 0 bridgehead atoms. The molecule has 6 heteroatoms. The van der Waals surface area contributed by atoms with Crippen molar-refractivity contribution >= 4 is 17.6 Å². The first-order valence-electron chi connectivity index (χ1n) is 7.49. The van der Waals surface area contributed by atoms with Gasteiger partial charge in [0, 0.05) is 32.3 Å². The lowest BCUT2D eigenvalue weighted by molar-refractivity contribution is -0.134. The van der Waals surface area contributed by atoms with E-state index in [2.05, 4.69) is 20.5 Å². The monoisotopic (exact) mass is 288 g/mol. The number of rotatable bonds is 2. The van der Waals surface area contributed by atoms with Crippen molar-refractivity contribution in [2.45, 2.75) is 25.2 Å². The molecule has 0 aliphatic carbocycles. The Morgan fingerprint density at radius 2 is 2.14 bits per heavy atom. The number of hydrogen-bond donors (Lipinski definition) is 2. The van der Waals surface area contributed by atoms with Crippen molar-refractivity contribution in [2.24, 2.45) is 0 Å². The maximum Gasteiger partial charge on any atom is 0.234 e. The summed E-state index contributed by atoms with van der Waals surface area (Å²) in [7, 11) is 0. The Morgan fingerprint density at radius 3 is 3.00 bits per heavy atom. The molecule has 21 heavy (non-hydrogen) atoms. The van der Waals surface area contributed by atoms with Crippen LogP contribution in [0.5, 0.6) is 0 Å². The van der Waals surface area contributed by atoms with Crippen molar-refractivity contribution in [1.82, 2.24) is 15.6 Å². The molecule has 1 aromatic rings. The largest absolute Gasteiger partial charge is 0.355 e. The Kier molecular flexibility index (Phi) is 4.15. The van der Waals surface area contributed by atoms with Gasteiger partial charge in [0.2, 0.25) is 11.8 Å². The summed E-state index contributed by atoms with van der Waals surface area (Å²) >= 11 is 0. The fourth-order valence-corrected chi connectivity index (χ4v) is 2.91. The van der Waals surface area contributed by atoms with Crippen LogP contribution in [0, 0.1) is 0 Å². The summed E-state index contributed by atoms with van der Waals surface area (Å²) in [6.45, 7) is 3.87. The number of pyridine rings is 1. The van der Waals surface area contributed by atoms with E-state index in [0.29, 0.717) is 12.8 Å². The standard InChI is InChI=1S/C15H20N4O2/c20-14-3-2-12(15(21)18-14)11-4-6-17-13(10-11)19-8-1-5-16-7-9-19/h4,6,10,12,16H,1-3,5,7-9H2,(H,18,20,21)/t12-/m1/s1. The normalized spacial score (nSPS) is 23.6. The van der Waals surface area contributed by atoms with Crippen molar-refractivity contribution in [3.05, 3.63) is 23.9 Å². The third-order valence-corrected chi connectivity index (χ3v) is 4.08. The number of amides is 2. The molecule has 0 spiro atoms. The smallest absolute Gasteiger partial charge is 0.234 e. The minimum Gasteiger partial charge on any atom is -0.355 e. The molecule has 2 aliphatic heterocycles. The molecule has 2 saturated heterocycles. The Balaban J connectivity index is 1.79. The molecule has 0 radical (unpaired) electrons. The van der Waals surface area contributed by atoms with Gasteiger partial charge < -0.3 is 10.2 Å². The maximum atomic E-state index is 12.0. The van der Waals surface area contributed by atoms with Crippen molar-refractivity contribution in [1.29, 1.82) is 0 Å². The van der Waals surface area contributed by atoms with Crippen molar-refractivity contribution in [3.8, 4) is 0 Å². The van der Waals surface area contributed by atoms with Gasteiger partial charge in [0.15, 0.2) is 0 Å². The number of carbonyl (C=O) groups excluding carboxylic acids is 2. The highest BCUT2D eigenvalue weighted by Crippen LogP contribution is 2.26. The molecule has 6 nitrogen and oxygen atoms in total. The molecule has 3 rings (SSSR count). The van der Waals surface area contributed by atoms with Gasteiger partial charge in [-0.1, -0.05) is 0 Å². The van der Waals surface area contributed by atoms with E-state index in [9.17, 15) is 9.59 Å². The van der Waals surface area contributed by atoms with Crippen LogP contribution in [0.1, 0.15) is 30.7 Å². The van der Waals surface area contributed by atoms with Crippen LogP contribution in [0.25, 0.3) is 0 Å². The molecule has 0 unspecified atom stereocenters. The molecular weight excluding hydrogens is 268 g/mol. The van der Waals surface area contributed by atoms with Crippen LogP contribution in [0.3, 0.4) is 0 Å². The van der Waals surface area contributed by atoms with Gasteiger partial charge in [-0.2, -0.15) is 0 Å². The number of anilines is 1. The average Bonchev–Trinajstić information content (AvgIpc) is 2.76. The molecule has 0 aromatic carbocycles. The maximum absolute atomic E-state index is 12.0. The predicted octanol–water partition coefficient (Wildman–Crippen LogP) is 0.402. The molecule has 0 saturated carbocycles. The molecule has 2 amide bonds. The van der Waals surface area contributed by atoms with Crippen molar-refractivity contribution in [2.75, 3.05) is 31.1 Å². The number of nitrogens with zero attached hydrogens (tertiary/aromatic N) is 2. The molecule has 1 aromatic heterocycles. The van der Waals surface area contributed by atoms with Gasteiger partial charge in [0.25, 0.3) is 0 Å². The van der Waals surface area contributed by atoms with Crippen LogP contribution >= 0.6 is 0 Å². The number of nitrogens with one attached hydrogen (secondary N) is 2. The third kappa shape index (κ3) is 3.21. The topological polar surface area (TPSA) is 74.3 Å². The second-order valence-electron chi connectivity index (χ2n) is 5.54. The van der Waals surface area contributed by atoms with E-state index in [1.807, 2.05) is 12.1 Å². The van der Waals surface area contributed by atoms with Gasteiger partial charge in [-0.25, -0.2) is 4.98 Å². The zero-order chi connectivity index (χ0) is 14.7. The van der Waals surface area contributed by atoms with Gasteiger partial charge in [-0.15, -0.1) is 0 Å². The van der Waals surface area contributed by atoms with E-state index >= 15 is 0 Å². The quantitative estimate of drug-likeness (QED) is 0.771. The van der Waals surface area contributed by atoms with Gasteiger partial charge in [-0.3, -0.25) is 14.9 Å². The molecular formula is C15H20N4O2. The molecule has 3 heterocycles. The molecule has 2 fully saturated rings. The number of hydrogen-bond acceptors (Lipinski definition) is 5.